The fourth-order valence-corrected chi connectivity index (χ4v) is 3.48. The largest absolute Gasteiger partial charge is 0.357 e. The first-order valence-corrected chi connectivity index (χ1v) is 8.27. The van der Waals surface area contributed by atoms with E-state index in [1.807, 2.05) is 0 Å². The van der Waals surface area contributed by atoms with Gasteiger partial charge in [-0.15, -0.1) is 11.8 Å². The van der Waals surface area contributed by atoms with Crippen molar-refractivity contribution in [1.82, 2.24) is 9.97 Å². The summed E-state index contributed by atoms with van der Waals surface area (Å²) >= 11 is 4.70. The van der Waals surface area contributed by atoms with E-state index in [4.69, 9.17) is 0 Å². The quantitative estimate of drug-likeness (QED) is 0.652. The van der Waals surface area contributed by atoms with Crippen molar-refractivity contribution in [3.05, 3.63) is 10.7 Å². The van der Waals surface area contributed by atoms with Gasteiger partial charge in [0.2, 0.25) is 5.95 Å². The van der Waals surface area contributed by atoms with E-state index in [0.29, 0.717) is 11.7 Å². The number of anilines is 1. The molecule has 0 saturated carbocycles. The van der Waals surface area contributed by atoms with Crippen LogP contribution >= 0.6 is 27.7 Å². The summed E-state index contributed by atoms with van der Waals surface area (Å²) in [7, 11) is -1.19. The van der Waals surface area contributed by atoms with E-state index < -0.39 is 9.84 Å². The lowest BCUT2D eigenvalue weighted by atomic mass is 10.7. The number of nitrogens with one attached hydrogen (secondary N) is 1. The van der Waals surface area contributed by atoms with Crippen LogP contribution in [0.1, 0.15) is 0 Å². The predicted octanol–water partition coefficient (Wildman–Crippen LogP) is 1.42. The van der Waals surface area contributed by atoms with Crippen LogP contribution in [0.15, 0.2) is 15.7 Å². The Hall–Kier alpha value is -0.340. The summed E-state index contributed by atoms with van der Waals surface area (Å²) in [6.45, 7) is 0. The van der Waals surface area contributed by atoms with Gasteiger partial charge in [0, 0.05) is 25.3 Å². The summed E-state index contributed by atoms with van der Waals surface area (Å²) in [6, 6.07) is 0. The molecule has 0 saturated heterocycles. The first-order valence-electron chi connectivity index (χ1n) is 4.43. The van der Waals surface area contributed by atoms with E-state index in [2.05, 4.69) is 31.2 Å². The molecule has 0 atom stereocenters. The molecule has 1 N–H and O–H groups in total. The van der Waals surface area contributed by atoms with Gasteiger partial charge in [-0.3, -0.25) is 0 Å². The summed E-state index contributed by atoms with van der Waals surface area (Å²) in [6.07, 6.45) is 2.86. The Morgan fingerprint density at radius 1 is 1.56 bits per heavy atom. The lowest BCUT2D eigenvalue weighted by molar-refractivity contribution is 0.603. The highest BCUT2D eigenvalue weighted by atomic mass is 79.9. The minimum absolute atomic E-state index is 0.142. The zero-order valence-electron chi connectivity index (χ0n) is 8.90. The van der Waals surface area contributed by atoms with Gasteiger partial charge in [-0.25, -0.2) is 18.4 Å². The number of thioether (sulfide) groups is 1. The molecule has 0 radical (unpaired) electrons. The maximum Gasteiger partial charge on any atom is 0.223 e. The van der Waals surface area contributed by atoms with E-state index >= 15 is 0 Å². The van der Waals surface area contributed by atoms with E-state index in [9.17, 15) is 8.42 Å². The van der Waals surface area contributed by atoms with Gasteiger partial charge < -0.3 is 5.32 Å². The first-order chi connectivity index (χ1) is 7.42. The SMILES string of the molecule is CNc1ncc(Br)c(SCCS(C)(=O)=O)n1. The van der Waals surface area contributed by atoms with Crippen molar-refractivity contribution >= 4 is 43.5 Å². The van der Waals surface area contributed by atoms with Crippen molar-refractivity contribution in [2.24, 2.45) is 0 Å². The number of hydrogen-bond acceptors (Lipinski definition) is 6. The highest BCUT2D eigenvalue weighted by Crippen LogP contribution is 2.25. The Morgan fingerprint density at radius 2 is 2.25 bits per heavy atom. The fourth-order valence-electron chi connectivity index (χ4n) is 0.863. The summed E-state index contributed by atoms with van der Waals surface area (Å²) in [5, 5.41) is 3.57. The number of sulfone groups is 1. The van der Waals surface area contributed by atoms with Gasteiger partial charge in [-0.05, 0) is 15.9 Å². The van der Waals surface area contributed by atoms with Crippen LogP contribution in [0.3, 0.4) is 0 Å². The Kier molecular flexibility index (Phi) is 5.00. The molecule has 0 bridgehead atoms. The smallest absolute Gasteiger partial charge is 0.223 e. The molecule has 1 aromatic heterocycles. The van der Waals surface area contributed by atoms with Gasteiger partial charge >= 0.3 is 0 Å². The van der Waals surface area contributed by atoms with Gasteiger partial charge in [0.15, 0.2) is 0 Å². The van der Waals surface area contributed by atoms with Crippen molar-refractivity contribution in [1.29, 1.82) is 0 Å². The van der Waals surface area contributed by atoms with Crippen LogP contribution in [0.2, 0.25) is 0 Å². The standard InChI is InChI=1S/C8H12BrN3O2S2/c1-10-8-11-5-6(9)7(12-8)15-3-4-16(2,13)14/h5H,3-4H2,1-2H3,(H,10,11,12). The number of nitrogens with zero attached hydrogens (tertiary/aromatic N) is 2. The minimum atomic E-state index is -2.92. The molecule has 0 spiro atoms. The molecule has 0 aliphatic carbocycles. The van der Waals surface area contributed by atoms with E-state index in [0.717, 1.165) is 9.50 Å². The molecular formula is C8H12BrN3O2S2. The lowest BCUT2D eigenvalue weighted by Crippen LogP contribution is -2.05. The molecule has 8 heteroatoms. The van der Waals surface area contributed by atoms with Crippen LogP contribution in [-0.4, -0.2) is 43.2 Å². The third-order valence-corrected chi connectivity index (χ3v) is 4.67. The lowest BCUT2D eigenvalue weighted by Gasteiger charge is -2.04. The highest BCUT2D eigenvalue weighted by Gasteiger charge is 2.07. The highest BCUT2D eigenvalue weighted by molar-refractivity contribution is 9.10. The number of halogens is 1. The molecular weight excluding hydrogens is 314 g/mol. The summed E-state index contributed by atoms with van der Waals surface area (Å²) in [5.74, 6) is 1.14. The Balaban J connectivity index is 2.66. The average Bonchev–Trinajstić information content (AvgIpc) is 2.19. The molecule has 5 nitrogen and oxygen atoms in total. The van der Waals surface area contributed by atoms with Gasteiger partial charge in [-0.2, -0.15) is 0 Å². The monoisotopic (exact) mass is 325 g/mol. The zero-order valence-corrected chi connectivity index (χ0v) is 12.1. The third kappa shape index (κ3) is 4.67. The molecule has 1 heterocycles. The van der Waals surface area contributed by atoms with Crippen LogP contribution < -0.4 is 5.32 Å². The normalized spacial score (nSPS) is 11.4. The second kappa shape index (κ2) is 5.83. The summed E-state index contributed by atoms with van der Waals surface area (Å²) < 4.78 is 22.7. The summed E-state index contributed by atoms with van der Waals surface area (Å²) in [5.41, 5.74) is 0. The van der Waals surface area contributed by atoms with Crippen LogP contribution in [0, 0.1) is 0 Å². The molecule has 90 valence electrons. The Morgan fingerprint density at radius 3 is 2.81 bits per heavy atom. The van der Waals surface area contributed by atoms with Gasteiger partial charge in [0.1, 0.15) is 14.9 Å². The second-order valence-corrected chi connectivity index (χ2v) is 7.27. The fraction of sp³-hybridized carbons (Fsp3) is 0.500. The predicted molar refractivity (Wildman–Crippen MR) is 69.7 cm³/mol. The first kappa shape index (κ1) is 13.7. The molecule has 0 unspecified atom stereocenters. The maximum absolute atomic E-state index is 11.0. The molecule has 0 aliphatic heterocycles. The van der Waals surface area contributed by atoms with Crippen molar-refractivity contribution in [3.63, 3.8) is 0 Å². The molecule has 0 fully saturated rings. The number of aromatic nitrogens is 2. The molecule has 16 heavy (non-hydrogen) atoms. The topological polar surface area (TPSA) is 72.0 Å². The molecule has 0 aromatic carbocycles. The third-order valence-electron chi connectivity index (χ3n) is 1.63. The number of hydrogen-bond donors (Lipinski definition) is 1. The van der Waals surface area contributed by atoms with Crippen molar-refractivity contribution in [2.75, 3.05) is 30.1 Å². The number of rotatable bonds is 5. The Labute approximate surface area is 107 Å². The van der Waals surface area contributed by atoms with Crippen LogP contribution in [0.5, 0.6) is 0 Å². The molecule has 0 amide bonds. The van der Waals surface area contributed by atoms with Gasteiger partial charge in [0.05, 0.1) is 10.2 Å². The minimum Gasteiger partial charge on any atom is -0.357 e. The molecule has 1 aromatic rings. The van der Waals surface area contributed by atoms with Crippen molar-refractivity contribution in [3.8, 4) is 0 Å². The van der Waals surface area contributed by atoms with E-state index in [-0.39, 0.29) is 5.75 Å². The van der Waals surface area contributed by atoms with Crippen molar-refractivity contribution < 1.29 is 8.42 Å². The average molecular weight is 326 g/mol. The van der Waals surface area contributed by atoms with Crippen LogP contribution in [0.25, 0.3) is 0 Å². The van der Waals surface area contributed by atoms with Crippen LogP contribution in [-0.2, 0) is 9.84 Å². The zero-order chi connectivity index (χ0) is 12.2. The maximum atomic E-state index is 11.0. The van der Waals surface area contributed by atoms with Crippen molar-refractivity contribution in [2.45, 2.75) is 5.03 Å². The molecule has 1 rings (SSSR count). The van der Waals surface area contributed by atoms with E-state index in [1.165, 1.54) is 18.0 Å². The second-order valence-electron chi connectivity index (χ2n) is 3.08. The van der Waals surface area contributed by atoms with Crippen LogP contribution in [0.4, 0.5) is 5.95 Å². The van der Waals surface area contributed by atoms with Gasteiger partial charge in [0.25, 0.3) is 0 Å². The van der Waals surface area contributed by atoms with Gasteiger partial charge in [-0.1, -0.05) is 0 Å². The molecule has 0 aliphatic rings. The Bertz CT molecular complexity index is 464. The summed E-state index contributed by atoms with van der Waals surface area (Å²) in [4.78, 5) is 8.22. The van der Waals surface area contributed by atoms with E-state index in [1.54, 1.807) is 13.2 Å².